The molecular weight excluding hydrogens is 260 g/mol. The summed E-state index contributed by atoms with van der Waals surface area (Å²) in [6.07, 6.45) is 0. The van der Waals surface area contributed by atoms with Gasteiger partial charge in [0.15, 0.2) is 5.78 Å². The first-order valence-corrected chi connectivity index (χ1v) is 7.17. The molecule has 2 nitrogen and oxygen atoms in total. The lowest BCUT2D eigenvalue weighted by Crippen LogP contribution is -2.12. The molecule has 2 heteroatoms. The summed E-state index contributed by atoms with van der Waals surface area (Å²) < 4.78 is 6.03. The first kappa shape index (κ1) is 15.3. The number of carbonyl (C=O) groups is 1. The Morgan fingerprint density at radius 2 is 1.76 bits per heavy atom. The lowest BCUT2D eigenvalue weighted by molar-refractivity contribution is 0.101. The van der Waals surface area contributed by atoms with E-state index in [4.69, 9.17) is 4.74 Å². The maximum atomic E-state index is 11.5. The average molecular weight is 282 g/mol. The van der Waals surface area contributed by atoms with Crippen LogP contribution >= 0.6 is 0 Å². The molecule has 0 radical (unpaired) electrons. The van der Waals surface area contributed by atoms with Crippen molar-refractivity contribution in [2.24, 2.45) is 0 Å². The third-order valence-corrected chi connectivity index (χ3v) is 3.41. The fourth-order valence-corrected chi connectivity index (χ4v) is 2.22. The molecular formula is C19H22O2. The normalized spacial score (nSPS) is 11.3. The Bertz CT molecular complexity index is 664. The molecule has 0 saturated heterocycles. The van der Waals surface area contributed by atoms with Crippen molar-refractivity contribution in [2.75, 3.05) is 0 Å². The Morgan fingerprint density at radius 3 is 2.38 bits per heavy atom. The molecule has 0 saturated carbocycles. The number of benzene rings is 2. The van der Waals surface area contributed by atoms with Crippen LogP contribution in [-0.2, 0) is 5.41 Å². The summed E-state index contributed by atoms with van der Waals surface area (Å²) in [4.78, 5) is 11.5. The van der Waals surface area contributed by atoms with Crippen molar-refractivity contribution in [2.45, 2.75) is 40.0 Å². The molecule has 0 aliphatic rings. The monoisotopic (exact) mass is 282 g/mol. The topological polar surface area (TPSA) is 26.3 Å². The van der Waals surface area contributed by atoms with E-state index in [1.54, 1.807) is 19.1 Å². The predicted molar refractivity (Wildman–Crippen MR) is 86.4 cm³/mol. The highest BCUT2D eigenvalue weighted by Gasteiger charge is 2.19. The van der Waals surface area contributed by atoms with Crippen LogP contribution in [0, 0.1) is 6.92 Å². The molecule has 0 aromatic heterocycles. The molecule has 0 heterocycles. The molecule has 110 valence electrons. The highest BCUT2D eigenvalue weighted by atomic mass is 16.5. The molecule has 0 fully saturated rings. The van der Waals surface area contributed by atoms with Gasteiger partial charge in [0.2, 0.25) is 0 Å². The standard InChI is InChI=1S/C19H22O2/c1-13-9-10-18(17(11-13)19(3,4)5)21-16-8-6-7-15(12-16)14(2)20/h6-12H,1-5H3. The zero-order valence-electron chi connectivity index (χ0n) is 13.4. The van der Waals surface area contributed by atoms with Crippen molar-refractivity contribution < 1.29 is 9.53 Å². The zero-order chi connectivity index (χ0) is 15.6. The number of hydrogen-bond acceptors (Lipinski definition) is 2. The van der Waals surface area contributed by atoms with E-state index in [2.05, 4.69) is 33.8 Å². The van der Waals surface area contributed by atoms with Gasteiger partial charge in [-0.1, -0.05) is 50.6 Å². The van der Waals surface area contributed by atoms with Crippen molar-refractivity contribution in [3.63, 3.8) is 0 Å². The van der Waals surface area contributed by atoms with Crippen LogP contribution in [0.5, 0.6) is 11.5 Å². The van der Waals surface area contributed by atoms with Crippen molar-refractivity contribution in [1.82, 2.24) is 0 Å². The molecule has 0 atom stereocenters. The molecule has 0 bridgehead atoms. The van der Waals surface area contributed by atoms with Crippen molar-refractivity contribution in [1.29, 1.82) is 0 Å². The van der Waals surface area contributed by atoms with E-state index in [-0.39, 0.29) is 11.2 Å². The number of Topliss-reactive ketones (excluding diaryl/α,β-unsaturated/α-hetero) is 1. The van der Waals surface area contributed by atoms with Gasteiger partial charge < -0.3 is 4.74 Å². The predicted octanol–water partition coefficient (Wildman–Crippen LogP) is 5.29. The molecule has 0 aliphatic carbocycles. The maximum Gasteiger partial charge on any atom is 0.159 e. The quantitative estimate of drug-likeness (QED) is 0.715. The molecule has 2 aromatic carbocycles. The van der Waals surface area contributed by atoms with E-state index in [9.17, 15) is 4.79 Å². The van der Waals surface area contributed by atoms with Crippen LogP contribution in [0.2, 0.25) is 0 Å². The molecule has 2 rings (SSSR count). The van der Waals surface area contributed by atoms with Gasteiger partial charge in [-0.3, -0.25) is 4.79 Å². The minimum Gasteiger partial charge on any atom is -0.457 e. The zero-order valence-corrected chi connectivity index (χ0v) is 13.4. The van der Waals surface area contributed by atoms with Gasteiger partial charge in [0, 0.05) is 11.1 Å². The number of ketones is 1. The summed E-state index contributed by atoms with van der Waals surface area (Å²) in [6, 6.07) is 13.5. The van der Waals surface area contributed by atoms with Gasteiger partial charge in [0.05, 0.1) is 0 Å². The number of aryl methyl sites for hydroxylation is 1. The smallest absolute Gasteiger partial charge is 0.159 e. The first-order chi connectivity index (χ1) is 9.77. The highest BCUT2D eigenvalue weighted by Crippen LogP contribution is 2.35. The van der Waals surface area contributed by atoms with Crippen LogP contribution < -0.4 is 4.74 Å². The van der Waals surface area contributed by atoms with Gasteiger partial charge in [0.1, 0.15) is 11.5 Å². The van der Waals surface area contributed by atoms with Crippen LogP contribution in [0.25, 0.3) is 0 Å². The van der Waals surface area contributed by atoms with E-state index < -0.39 is 0 Å². The minimum atomic E-state index is -0.000457. The van der Waals surface area contributed by atoms with Crippen LogP contribution in [0.15, 0.2) is 42.5 Å². The third kappa shape index (κ3) is 3.72. The molecule has 0 spiro atoms. The van der Waals surface area contributed by atoms with E-state index in [0.717, 1.165) is 11.3 Å². The van der Waals surface area contributed by atoms with Crippen LogP contribution in [0.4, 0.5) is 0 Å². The molecule has 0 unspecified atom stereocenters. The second-order valence-electron chi connectivity index (χ2n) is 6.44. The maximum absolute atomic E-state index is 11.5. The van der Waals surface area contributed by atoms with Gasteiger partial charge in [0.25, 0.3) is 0 Å². The SMILES string of the molecule is CC(=O)c1cccc(Oc2ccc(C)cc2C(C)(C)C)c1. The first-order valence-electron chi connectivity index (χ1n) is 7.17. The van der Waals surface area contributed by atoms with Crippen LogP contribution in [-0.4, -0.2) is 5.78 Å². The summed E-state index contributed by atoms with van der Waals surface area (Å²) in [5.74, 6) is 1.58. The second kappa shape index (κ2) is 5.72. The van der Waals surface area contributed by atoms with Gasteiger partial charge in [-0.25, -0.2) is 0 Å². The van der Waals surface area contributed by atoms with Gasteiger partial charge in [-0.15, -0.1) is 0 Å². The molecule has 2 aromatic rings. The number of rotatable bonds is 3. The fourth-order valence-electron chi connectivity index (χ4n) is 2.22. The van der Waals surface area contributed by atoms with E-state index in [0.29, 0.717) is 11.3 Å². The summed E-state index contributed by atoms with van der Waals surface area (Å²) in [5.41, 5.74) is 3.04. The Hall–Kier alpha value is -2.09. The van der Waals surface area contributed by atoms with Gasteiger partial charge >= 0.3 is 0 Å². The van der Waals surface area contributed by atoms with E-state index in [1.807, 2.05) is 24.3 Å². The van der Waals surface area contributed by atoms with Crippen molar-refractivity contribution in [3.8, 4) is 11.5 Å². The summed E-state index contributed by atoms with van der Waals surface area (Å²) in [6.45, 7) is 10.1. The number of carbonyl (C=O) groups excluding carboxylic acids is 1. The van der Waals surface area contributed by atoms with E-state index >= 15 is 0 Å². The fraction of sp³-hybridized carbons (Fsp3) is 0.316. The van der Waals surface area contributed by atoms with Gasteiger partial charge in [-0.2, -0.15) is 0 Å². The Labute approximate surface area is 126 Å². The van der Waals surface area contributed by atoms with E-state index in [1.165, 1.54) is 5.56 Å². The number of ether oxygens (including phenoxy) is 1. The summed E-state index contributed by atoms with van der Waals surface area (Å²) >= 11 is 0. The third-order valence-electron chi connectivity index (χ3n) is 3.41. The van der Waals surface area contributed by atoms with Crippen LogP contribution in [0.3, 0.4) is 0 Å². The lowest BCUT2D eigenvalue weighted by atomic mass is 9.85. The Morgan fingerprint density at radius 1 is 1.05 bits per heavy atom. The van der Waals surface area contributed by atoms with Crippen LogP contribution in [0.1, 0.15) is 49.2 Å². The second-order valence-corrected chi connectivity index (χ2v) is 6.44. The lowest BCUT2D eigenvalue weighted by Gasteiger charge is -2.23. The summed E-state index contributed by atoms with van der Waals surface area (Å²) in [5, 5.41) is 0. The molecule has 0 aliphatic heterocycles. The molecule has 0 N–H and O–H groups in total. The highest BCUT2D eigenvalue weighted by molar-refractivity contribution is 5.94. The largest absolute Gasteiger partial charge is 0.457 e. The van der Waals surface area contributed by atoms with Gasteiger partial charge in [-0.05, 0) is 37.5 Å². The Kier molecular flexibility index (Phi) is 4.17. The average Bonchev–Trinajstić information content (AvgIpc) is 2.40. The minimum absolute atomic E-state index is 0.000457. The Balaban J connectivity index is 2.40. The summed E-state index contributed by atoms with van der Waals surface area (Å²) in [7, 11) is 0. The van der Waals surface area contributed by atoms with Crippen molar-refractivity contribution in [3.05, 3.63) is 59.2 Å². The molecule has 21 heavy (non-hydrogen) atoms. The molecule has 0 amide bonds. The number of hydrogen-bond donors (Lipinski definition) is 0. The van der Waals surface area contributed by atoms with Crippen molar-refractivity contribution >= 4 is 5.78 Å².